The van der Waals surface area contributed by atoms with E-state index in [9.17, 15) is 4.79 Å². The Bertz CT molecular complexity index is 651. The van der Waals surface area contributed by atoms with Crippen LogP contribution in [0.3, 0.4) is 0 Å². The summed E-state index contributed by atoms with van der Waals surface area (Å²) in [4.78, 5) is 13.4. The number of hydrogen-bond acceptors (Lipinski definition) is 1. The van der Waals surface area contributed by atoms with Gasteiger partial charge in [0.15, 0.2) is 0 Å². The van der Waals surface area contributed by atoms with E-state index in [0.29, 0.717) is 22.5 Å². The third kappa shape index (κ3) is 2.40. The summed E-state index contributed by atoms with van der Waals surface area (Å²) in [5.74, 6) is 6.49. The molecular formula is C27H44O. The van der Waals surface area contributed by atoms with Crippen molar-refractivity contribution < 1.29 is 4.79 Å². The topological polar surface area (TPSA) is 17.1 Å². The molecule has 0 amide bonds. The highest BCUT2D eigenvalue weighted by atomic mass is 16.1. The Morgan fingerprint density at radius 1 is 0.964 bits per heavy atom. The van der Waals surface area contributed by atoms with Gasteiger partial charge in [-0.05, 0) is 97.2 Å². The van der Waals surface area contributed by atoms with Crippen molar-refractivity contribution in [2.45, 2.75) is 105 Å². The molecule has 0 aromatic carbocycles. The first-order valence-electron chi connectivity index (χ1n) is 12.8. The zero-order valence-electron chi connectivity index (χ0n) is 19.2. The molecule has 9 atom stereocenters. The average Bonchev–Trinajstić information content (AvgIpc) is 3.15. The van der Waals surface area contributed by atoms with Gasteiger partial charge in [-0.15, -0.1) is 0 Å². The van der Waals surface area contributed by atoms with E-state index < -0.39 is 0 Å². The molecule has 0 aromatic rings. The van der Waals surface area contributed by atoms with Crippen molar-refractivity contribution in [1.82, 2.24) is 0 Å². The maximum Gasteiger partial charge on any atom is 0.140 e. The van der Waals surface area contributed by atoms with Crippen LogP contribution in [0, 0.1) is 57.7 Å². The van der Waals surface area contributed by atoms with Crippen LogP contribution in [0.1, 0.15) is 105 Å². The van der Waals surface area contributed by atoms with Crippen molar-refractivity contribution in [3.63, 3.8) is 0 Å². The summed E-state index contributed by atoms with van der Waals surface area (Å²) in [5, 5.41) is 0. The molecule has 5 fully saturated rings. The standard InChI is InChI=1S/C27H44O/c1-17(2)7-6-8-18(3)21-9-10-22-20-15-24(28)27-16-19(27)11-14-26(27,5)23(20)12-13-25(21,22)4/h17-23H,6-16H2,1-5H3/t18-,19?,20+,21-,22+,23+,25-,26-,27?/m1/s1. The van der Waals surface area contributed by atoms with Crippen molar-refractivity contribution in [3.05, 3.63) is 0 Å². The van der Waals surface area contributed by atoms with E-state index in [2.05, 4.69) is 34.6 Å². The highest BCUT2D eigenvalue weighted by molar-refractivity contribution is 5.91. The minimum absolute atomic E-state index is 0.157. The third-order valence-corrected chi connectivity index (χ3v) is 11.5. The van der Waals surface area contributed by atoms with Crippen LogP contribution in [0.4, 0.5) is 0 Å². The predicted octanol–water partition coefficient (Wildman–Crippen LogP) is 7.29. The third-order valence-electron chi connectivity index (χ3n) is 11.5. The van der Waals surface area contributed by atoms with E-state index >= 15 is 0 Å². The number of Topliss-reactive ketones (excluding diaryl/α,β-unsaturated/α-hetero) is 1. The summed E-state index contributed by atoms with van der Waals surface area (Å²) in [7, 11) is 0. The molecule has 0 aliphatic heterocycles. The summed E-state index contributed by atoms with van der Waals surface area (Å²) in [6.07, 6.45) is 14.8. The zero-order valence-corrected chi connectivity index (χ0v) is 19.2. The van der Waals surface area contributed by atoms with Crippen LogP contribution >= 0.6 is 0 Å². The lowest BCUT2D eigenvalue weighted by atomic mass is 9.45. The van der Waals surface area contributed by atoms with Gasteiger partial charge in [-0.1, -0.05) is 53.9 Å². The summed E-state index contributed by atoms with van der Waals surface area (Å²) >= 11 is 0. The van der Waals surface area contributed by atoms with E-state index in [4.69, 9.17) is 0 Å². The lowest BCUT2D eigenvalue weighted by molar-refractivity contribution is -0.151. The fourth-order valence-electron chi connectivity index (χ4n) is 10.0. The van der Waals surface area contributed by atoms with E-state index in [1.165, 1.54) is 64.2 Å². The van der Waals surface area contributed by atoms with Crippen LogP contribution < -0.4 is 0 Å². The number of ketones is 1. The Balaban J connectivity index is 1.35. The first-order valence-corrected chi connectivity index (χ1v) is 12.8. The van der Waals surface area contributed by atoms with Gasteiger partial charge < -0.3 is 0 Å². The molecule has 0 heterocycles. The van der Waals surface area contributed by atoms with Crippen molar-refractivity contribution in [3.8, 4) is 0 Å². The van der Waals surface area contributed by atoms with Gasteiger partial charge in [0.25, 0.3) is 0 Å². The fourth-order valence-corrected chi connectivity index (χ4v) is 10.0. The second kappa shape index (κ2) is 6.34. The fraction of sp³-hybridized carbons (Fsp3) is 0.963. The molecule has 158 valence electrons. The van der Waals surface area contributed by atoms with Crippen molar-refractivity contribution >= 4 is 5.78 Å². The Hall–Kier alpha value is -0.330. The van der Waals surface area contributed by atoms with Gasteiger partial charge in [0.05, 0.1) is 0 Å². The Morgan fingerprint density at radius 2 is 1.75 bits per heavy atom. The van der Waals surface area contributed by atoms with E-state index in [-0.39, 0.29) is 5.41 Å². The van der Waals surface area contributed by atoms with Gasteiger partial charge in [0, 0.05) is 11.8 Å². The highest BCUT2D eigenvalue weighted by Crippen LogP contribution is 2.80. The first kappa shape index (κ1) is 19.6. The van der Waals surface area contributed by atoms with Gasteiger partial charge in [0.2, 0.25) is 0 Å². The van der Waals surface area contributed by atoms with Crippen LogP contribution in [-0.4, -0.2) is 5.78 Å². The Kier molecular flexibility index (Phi) is 4.44. The molecular weight excluding hydrogens is 340 g/mol. The molecule has 0 aromatic heterocycles. The van der Waals surface area contributed by atoms with Crippen LogP contribution in [-0.2, 0) is 4.79 Å². The van der Waals surface area contributed by atoms with E-state index in [1.54, 1.807) is 0 Å². The summed E-state index contributed by atoms with van der Waals surface area (Å²) in [6, 6.07) is 0. The van der Waals surface area contributed by atoms with Crippen LogP contribution in [0.25, 0.3) is 0 Å². The monoisotopic (exact) mass is 384 g/mol. The predicted molar refractivity (Wildman–Crippen MR) is 116 cm³/mol. The molecule has 1 nitrogen and oxygen atoms in total. The molecule has 28 heavy (non-hydrogen) atoms. The number of rotatable bonds is 5. The van der Waals surface area contributed by atoms with Gasteiger partial charge in [-0.25, -0.2) is 0 Å². The molecule has 5 aliphatic carbocycles. The number of carbonyl (C=O) groups is 1. The molecule has 0 bridgehead atoms. The van der Waals surface area contributed by atoms with E-state index in [1.807, 2.05) is 0 Å². The molecule has 0 radical (unpaired) electrons. The maximum absolute atomic E-state index is 13.4. The Labute approximate surface area is 173 Å². The maximum atomic E-state index is 13.4. The SMILES string of the molecule is CC(C)CCC[C@@H](C)[C@H]1CC[C@H]2[C@@H]3CC(=O)C45CC4CC[C@]5(C)[C@H]3CC[C@]12C. The molecule has 2 unspecified atom stereocenters. The summed E-state index contributed by atoms with van der Waals surface area (Å²) in [6.45, 7) is 12.5. The number of fused-ring (bicyclic) bond motifs is 4. The molecule has 0 saturated heterocycles. The minimum Gasteiger partial charge on any atom is -0.299 e. The van der Waals surface area contributed by atoms with Gasteiger partial charge in [0.1, 0.15) is 5.78 Å². The van der Waals surface area contributed by atoms with Crippen LogP contribution in [0.5, 0.6) is 0 Å². The minimum atomic E-state index is 0.157. The quantitative estimate of drug-likeness (QED) is 0.486. The van der Waals surface area contributed by atoms with E-state index in [0.717, 1.165) is 41.9 Å². The lowest BCUT2D eigenvalue weighted by Crippen LogP contribution is -2.55. The highest BCUT2D eigenvalue weighted by Gasteiger charge is 2.77. The smallest absolute Gasteiger partial charge is 0.140 e. The lowest BCUT2D eigenvalue weighted by Gasteiger charge is -2.58. The van der Waals surface area contributed by atoms with Crippen LogP contribution in [0.15, 0.2) is 0 Å². The molecule has 1 spiro atoms. The van der Waals surface area contributed by atoms with Crippen LogP contribution in [0.2, 0.25) is 0 Å². The first-order chi connectivity index (χ1) is 13.2. The molecule has 5 rings (SSSR count). The average molecular weight is 385 g/mol. The summed E-state index contributed by atoms with van der Waals surface area (Å²) in [5.41, 5.74) is 1.03. The molecule has 1 heteroatoms. The largest absolute Gasteiger partial charge is 0.299 e. The second-order valence-electron chi connectivity index (χ2n) is 12.9. The van der Waals surface area contributed by atoms with Crippen molar-refractivity contribution in [1.29, 1.82) is 0 Å². The Morgan fingerprint density at radius 3 is 2.46 bits per heavy atom. The number of hydrogen-bond donors (Lipinski definition) is 0. The molecule has 0 N–H and O–H groups in total. The van der Waals surface area contributed by atoms with Gasteiger partial charge >= 0.3 is 0 Å². The van der Waals surface area contributed by atoms with Crippen molar-refractivity contribution in [2.24, 2.45) is 57.7 Å². The molecule has 5 aliphatic rings. The van der Waals surface area contributed by atoms with Gasteiger partial charge in [-0.3, -0.25) is 4.79 Å². The second-order valence-corrected chi connectivity index (χ2v) is 12.9. The number of carbonyl (C=O) groups excluding carboxylic acids is 1. The van der Waals surface area contributed by atoms with Gasteiger partial charge in [-0.2, -0.15) is 0 Å². The zero-order chi connectivity index (χ0) is 19.9. The van der Waals surface area contributed by atoms with Crippen molar-refractivity contribution in [2.75, 3.05) is 0 Å². The molecule has 5 saturated carbocycles. The normalized spacial score (nSPS) is 52.8. The summed E-state index contributed by atoms with van der Waals surface area (Å²) < 4.78 is 0.